The summed E-state index contributed by atoms with van der Waals surface area (Å²) in [6.45, 7) is 2.36. The zero-order valence-electron chi connectivity index (χ0n) is 16.7. The van der Waals surface area contributed by atoms with Gasteiger partial charge < -0.3 is 14.8 Å². The predicted octanol–water partition coefficient (Wildman–Crippen LogP) is 2.78. The molecule has 3 heterocycles. The number of likely N-dealkylation sites (tertiary alicyclic amines) is 1. The van der Waals surface area contributed by atoms with Crippen molar-refractivity contribution >= 4 is 5.97 Å². The predicted molar refractivity (Wildman–Crippen MR) is 111 cm³/mol. The summed E-state index contributed by atoms with van der Waals surface area (Å²) in [6, 6.07) is 7.65. The molecule has 1 aliphatic heterocycles. The average molecular weight is 407 g/mol. The van der Waals surface area contributed by atoms with Crippen LogP contribution < -0.4 is 4.74 Å². The van der Waals surface area contributed by atoms with Crippen LogP contribution in [0.3, 0.4) is 0 Å². The van der Waals surface area contributed by atoms with Crippen LogP contribution in [0.4, 0.5) is 0 Å². The number of benzene rings is 1. The minimum absolute atomic E-state index is 0.331. The summed E-state index contributed by atoms with van der Waals surface area (Å²) in [6.07, 6.45) is 10.0. The van der Waals surface area contributed by atoms with Crippen LogP contribution in [-0.4, -0.2) is 55.6 Å². The number of ether oxygens (including phenoxy) is 1. The third-order valence-electron chi connectivity index (χ3n) is 5.30. The Balaban J connectivity index is 1.42. The normalized spacial score (nSPS) is 17.0. The van der Waals surface area contributed by atoms with Crippen LogP contribution in [0.25, 0.3) is 11.5 Å². The number of H-pyrrole nitrogens is 1. The smallest absolute Gasteiger partial charge is 0.341 e. The fourth-order valence-corrected chi connectivity index (χ4v) is 4.00. The molecule has 3 aromatic rings. The topological polar surface area (TPSA) is 104 Å². The number of rotatable bonds is 8. The van der Waals surface area contributed by atoms with Crippen molar-refractivity contribution in [2.24, 2.45) is 5.92 Å². The van der Waals surface area contributed by atoms with Gasteiger partial charge in [0, 0.05) is 43.4 Å². The summed E-state index contributed by atoms with van der Waals surface area (Å²) in [5.41, 5.74) is 2.78. The highest BCUT2D eigenvalue weighted by Gasteiger charge is 2.23. The summed E-state index contributed by atoms with van der Waals surface area (Å²) in [5.74, 6) is 0.877. The Morgan fingerprint density at radius 1 is 1.20 bits per heavy atom. The van der Waals surface area contributed by atoms with E-state index < -0.39 is 5.97 Å². The average Bonchev–Trinajstić information content (AvgIpc) is 3.28. The Bertz CT molecular complexity index is 976. The lowest BCUT2D eigenvalue weighted by molar-refractivity contribution is -0.139. The Morgan fingerprint density at radius 2 is 2.07 bits per heavy atom. The maximum Gasteiger partial charge on any atom is 0.341 e. The van der Waals surface area contributed by atoms with Gasteiger partial charge >= 0.3 is 5.97 Å². The van der Waals surface area contributed by atoms with E-state index in [9.17, 15) is 4.79 Å². The molecule has 1 atom stereocenters. The number of hydrogen-bond acceptors (Lipinski definition) is 6. The molecule has 1 aliphatic rings. The number of carboxylic acids is 1. The number of aromatic amines is 1. The van der Waals surface area contributed by atoms with Crippen LogP contribution in [0.15, 0.2) is 49.1 Å². The van der Waals surface area contributed by atoms with Crippen LogP contribution in [0.2, 0.25) is 0 Å². The molecule has 1 fully saturated rings. The molecule has 2 N–H and O–H groups in total. The van der Waals surface area contributed by atoms with Crippen LogP contribution in [0.1, 0.15) is 24.1 Å². The van der Waals surface area contributed by atoms with Crippen LogP contribution in [0, 0.1) is 5.92 Å². The molecule has 0 spiro atoms. The summed E-state index contributed by atoms with van der Waals surface area (Å²) in [4.78, 5) is 29.8. The lowest BCUT2D eigenvalue weighted by Crippen LogP contribution is -2.36. The van der Waals surface area contributed by atoms with Crippen LogP contribution in [0.5, 0.6) is 5.75 Å². The molecule has 2 aromatic heterocycles. The lowest BCUT2D eigenvalue weighted by Gasteiger charge is -2.33. The Kier molecular flexibility index (Phi) is 6.34. The van der Waals surface area contributed by atoms with E-state index in [0.29, 0.717) is 11.7 Å². The number of aliphatic carboxylic acids is 1. The molecule has 0 radical (unpaired) electrons. The SMILES string of the molecule is O=C(O)COc1ccccc1CN1CCCC(Cc2nccnc2-c2ncc[nH]2)C1. The highest BCUT2D eigenvalue weighted by Crippen LogP contribution is 2.27. The first kappa shape index (κ1) is 20.0. The van der Waals surface area contributed by atoms with E-state index in [4.69, 9.17) is 9.84 Å². The van der Waals surface area contributed by atoms with Crippen LogP contribution >= 0.6 is 0 Å². The number of carboxylic acid groups (broad SMARTS) is 1. The van der Waals surface area contributed by atoms with Gasteiger partial charge in [-0.3, -0.25) is 9.88 Å². The molecule has 0 saturated carbocycles. The molecular weight excluding hydrogens is 382 g/mol. The Labute approximate surface area is 175 Å². The second-order valence-corrected chi connectivity index (χ2v) is 7.53. The van der Waals surface area contributed by atoms with Gasteiger partial charge in [-0.15, -0.1) is 0 Å². The van der Waals surface area contributed by atoms with Crippen molar-refractivity contribution in [1.82, 2.24) is 24.8 Å². The number of nitrogens with zero attached hydrogens (tertiary/aromatic N) is 4. The lowest BCUT2D eigenvalue weighted by atomic mass is 9.92. The number of hydrogen-bond donors (Lipinski definition) is 2. The molecule has 0 amide bonds. The van der Waals surface area contributed by atoms with Gasteiger partial charge in [-0.05, 0) is 37.8 Å². The highest BCUT2D eigenvalue weighted by atomic mass is 16.5. The van der Waals surface area contributed by atoms with E-state index in [0.717, 1.165) is 61.7 Å². The third-order valence-corrected chi connectivity index (χ3v) is 5.30. The van der Waals surface area contributed by atoms with Gasteiger partial charge in [0.1, 0.15) is 11.4 Å². The molecule has 1 saturated heterocycles. The number of imidazole rings is 1. The fraction of sp³-hybridized carbons (Fsp3) is 0.364. The minimum Gasteiger partial charge on any atom is -0.482 e. The summed E-state index contributed by atoms with van der Waals surface area (Å²) >= 11 is 0. The van der Waals surface area contributed by atoms with E-state index in [1.807, 2.05) is 24.3 Å². The summed E-state index contributed by atoms with van der Waals surface area (Å²) in [5, 5.41) is 8.90. The zero-order valence-corrected chi connectivity index (χ0v) is 16.7. The Hall–Kier alpha value is -3.26. The van der Waals surface area contributed by atoms with E-state index in [-0.39, 0.29) is 6.61 Å². The van der Waals surface area contributed by atoms with Gasteiger partial charge in [-0.1, -0.05) is 18.2 Å². The molecule has 0 bridgehead atoms. The largest absolute Gasteiger partial charge is 0.482 e. The van der Waals surface area contributed by atoms with Gasteiger partial charge in [0.25, 0.3) is 0 Å². The number of nitrogens with one attached hydrogen (secondary N) is 1. The monoisotopic (exact) mass is 407 g/mol. The maximum atomic E-state index is 10.9. The molecule has 1 unspecified atom stereocenters. The third kappa shape index (κ3) is 5.01. The van der Waals surface area contributed by atoms with E-state index >= 15 is 0 Å². The minimum atomic E-state index is -0.973. The second-order valence-electron chi connectivity index (χ2n) is 7.53. The van der Waals surface area contributed by atoms with Gasteiger partial charge in [0.05, 0.1) is 5.69 Å². The molecule has 156 valence electrons. The molecule has 1 aromatic carbocycles. The molecule has 8 heteroatoms. The number of piperidine rings is 1. The van der Waals surface area contributed by atoms with E-state index in [2.05, 4.69) is 24.8 Å². The maximum absolute atomic E-state index is 10.9. The fourth-order valence-electron chi connectivity index (χ4n) is 4.00. The van der Waals surface area contributed by atoms with Gasteiger partial charge in [0.2, 0.25) is 0 Å². The number of carbonyl (C=O) groups is 1. The van der Waals surface area contributed by atoms with Crippen molar-refractivity contribution in [3.8, 4) is 17.3 Å². The van der Waals surface area contributed by atoms with Crippen molar-refractivity contribution in [3.05, 3.63) is 60.3 Å². The summed E-state index contributed by atoms with van der Waals surface area (Å²) < 4.78 is 5.46. The van der Waals surface area contributed by atoms with Crippen molar-refractivity contribution in [2.45, 2.75) is 25.8 Å². The number of para-hydroxylation sites is 1. The van der Waals surface area contributed by atoms with Gasteiger partial charge in [-0.25, -0.2) is 14.8 Å². The van der Waals surface area contributed by atoms with E-state index in [1.165, 1.54) is 0 Å². The zero-order chi connectivity index (χ0) is 20.8. The van der Waals surface area contributed by atoms with Crippen molar-refractivity contribution in [3.63, 3.8) is 0 Å². The van der Waals surface area contributed by atoms with Gasteiger partial charge in [0.15, 0.2) is 12.4 Å². The van der Waals surface area contributed by atoms with Crippen molar-refractivity contribution < 1.29 is 14.6 Å². The molecule has 0 aliphatic carbocycles. The molecule has 8 nitrogen and oxygen atoms in total. The summed E-state index contributed by atoms with van der Waals surface area (Å²) in [7, 11) is 0. The molecule has 30 heavy (non-hydrogen) atoms. The van der Waals surface area contributed by atoms with Crippen molar-refractivity contribution in [2.75, 3.05) is 19.7 Å². The van der Waals surface area contributed by atoms with Crippen LogP contribution in [-0.2, 0) is 17.8 Å². The second kappa shape index (κ2) is 9.49. The number of aromatic nitrogens is 4. The highest BCUT2D eigenvalue weighted by molar-refractivity contribution is 5.68. The molecule has 4 rings (SSSR count). The van der Waals surface area contributed by atoms with E-state index in [1.54, 1.807) is 24.8 Å². The Morgan fingerprint density at radius 3 is 2.90 bits per heavy atom. The van der Waals surface area contributed by atoms with Crippen molar-refractivity contribution in [1.29, 1.82) is 0 Å². The first-order valence-corrected chi connectivity index (χ1v) is 10.1. The van der Waals surface area contributed by atoms with Gasteiger partial charge in [-0.2, -0.15) is 0 Å². The quantitative estimate of drug-likeness (QED) is 0.592. The first-order valence-electron chi connectivity index (χ1n) is 10.1. The standard InChI is InChI=1S/C22H25N5O3/c28-20(29)15-30-19-6-2-1-5-17(19)14-27-11-3-4-16(13-27)12-18-21(24-8-7-23-18)22-25-9-10-26-22/h1-2,5-10,16H,3-4,11-15H2,(H,25,26)(H,28,29). The molecular formula is C22H25N5O3. The first-order chi connectivity index (χ1) is 14.7.